The van der Waals surface area contributed by atoms with Crippen molar-refractivity contribution in [1.82, 2.24) is 20.9 Å². The fourth-order valence-electron chi connectivity index (χ4n) is 4.43. The van der Waals surface area contributed by atoms with Gasteiger partial charge in [0.15, 0.2) is 0 Å². The fraction of sp³-hybridized carbons (Fsp3) is 0.536. The van der Waals surface area contributed by atoms with Crippen LogP contribution in [0.2, 0.25) is 0 Å². The van der Waals surface area contributed by atoms with E-state index in [2.05, 4.69) is 20.9 Å². The molecule has 0 aliphatic rings. The molecule has 0 aliphatic carbocycles. The maximum Gasteiger partial charge on any atom is 0.326 e. The van der Waals surface area contributed by atoms with Gasteiger partial charge in [0.05, 0.1) is 6.04 Å². The summed E-state index contributed by atoms with van der Waals surface area (Å²) in [6, 6.07) is 3.26. The Bertz CT molecular complexity index is 1200. The van der Waals surface area contributed by atoms with Gasteiger partial charge >= 0.3 is 5.97 Å². The number of benzene rings is 1. The van der Waals surface area contributed by atoms with Crippen LogP contribution in [0.4, 0.5) is 0 Å². The maximum atomic E-state index is 13.4. The van der Waals surface area contributed by atoms with E-state index in [9.17, 15) is 29.1 Å². The number of unbranched alkanes of at least 4 members (excludes halogenated alkanes) is 1. The van der Waals surface area contributed by atoms with Gasteiger partial charge in [-0.25, -0.2) is 4.79 Å². The molecule has 11 N–H and O–H groups in total. The summed E-state index contributed by atoms with van der Waals surface area (Å²) in [6.07, 6.45) is 3.54. The summed E-state index contributed by atoms with van der Waals surface area (Å²) in [5.74, 6) is -4.23. The summed E-state index contributed by atoms with van der Waals surface area (Å²) in [5, 5.41) is 18.2. The molecule has 13 nitrogen and oxygen atoms in total. The second kappa shape index (κ2) is 16.3. The molecule has 5 atom stereocenters. The van der Waals surface area contributed by atoms with Gasteiger partial charge in [0.2, 0.25) is 23.6 Å². The Hall–Kier alpha value is -3.97. The van der Waals surface area contributed by atoms with E-state index in [1.54, 1.807) is 13.1 Å². The minimum absolute atomic E-state index is 0.191. The molecule has 0 aliphatic heterocycles. The highest BCUT2D eigenvalue weighted by molar-refractivity contribution is 5.94. The van der Waals surface area contributed by atoms with Crippen molar-refractivity contribution in [1.29, 1.82) is 0 Å². The average molecular weight is 574 g/mol. The number of amides is 4. The zero-order chi connectivity index (χ0) is 30.5. The molecular weight excluding hydrogens is 530 g/mol. The van der Waals surface area contributed by atoms with Gasteiger partial charge in [-0.15, -0.1) is 0 Å². The third-order valence-electron chi connectivity index (χ3n) is 7.12. The molecule has 1 heterocycles. The van der Waals surface area contributed by atoms with Gasteiger partial charge in [0.1, 0.15) is 18.1 Å². The number of carbonyl (C=O) groups is 5. The molecule has 0 radical (unpaired) electrons. The molecule has 1 aromatic heterocycles. The van der Waals surface area contributed by atoms with Crippen LogP contribution in [0.5, 0.6) is 0 Å². The van der Waals surface area contributed by atoms with Crippen molar-refractivity contribution in [2.45, 2.75) is 83.0 Å². The van der Waals surface area contributed by atoms with Gasteiger partial charge in [-0.05, 0) is 56.2 Å². The van der Waals surface area contributed by atoms with Gasteiger partial charge in [-0.1, -0.05) is 38.5 Å². The van der Waals surface area contributed by atoms with Gasteiger partial charge < -0.3 is 43.2 Å². The summed E-state index contributed by atoms with van der Waals surface area (Å²) in [6.45, 7) is 3.97. The number of nitrogens with one attached hydrogen (secondary N) is 4. The topological polar surface area (TPSA) is 236 Å². The molecule has 0 saturated heterocycles. The fourth-order valence-corrected chi connectivity index (χ4v) is 4.43. The number of hydrogen-bond donors (Lipinski definition) is 8. The molecule has 41 heavy (non-hydrogen) atoms. The normalized spacial score (nSPS) is 14.8. The highest BCUT2D eigenvalue weighted by Crippen LogP contribution is 2.19. The first kappa shape index (κ1) is 33.2. The summed E-state index contributed by atoms with van der Waals surface area (Å²) >= 11 is 0. The van der Waals surface area contributed by atoms with Crippen LogP contribution in [0.3, 0.4) is 0 Å². The maximum absolute atomic E-state index is 13.4. The molecule has 2 aromatic rings. The van der Waals surface area contributed by atoms with Crippen LogP contribution in [0.15, 0.2) is 30.5 Å². The van der Waals surface area contributed by atoms with Gasteiger partial charge in [0, 0.05) is 23.5 Å². The van der Waals surface area contributed by atoms with Crippen LogP contribution in [0.1, 0.15) is 57.9 Å². The Morgan fingerprint density at radius 3 is 2.27 bits per heavy atom. The molecule has 0 spiro atoms. The molecule has 4 amide bonds. The third-order valence-corrected chi connectivity index (χ3v) is 7.12. The smallest absolute Gasteiger partial charge is 0.326 e. The van der Waals surface area contributed by atoms with Crippen molar-refractivity contribution in [3.05, 3.63) is 36.0 Å². The van der Waals surface area contributed by atoms with Crippen molar-refractivity contribution in [3.63, 3.8) is 0 Å². The average Bonchev–Trinajstić information content (AvgIpc) is 3.34. The van der Waals surface area contributed by atoms with E-state index in [-0.39, 0.29) is 31.6 Å². The quantitative estimate of drug-likeness (QED) is 0.113. The van der Waals surface area contributed by atoms with E-state index in [1.165, 1.54) is 0 Å². The lowest BCUT2D eigenvalue weighted by Gasteiger charge is -2.28. The second-order valence-electron chi connectivity index (χ2n) is 10.3. The first-order valence-electron chi connectivity index (χ1n) is 13.9. The Morgan fingerprint density at radius 2 is 1.63 bits per heavy atom. The Labute approximate surface area is 239 Å². The number of hydrogen-bond acceptors (Lipinski definition) is 7. The van der Waals surface area contributed by atoms with Crippen LogP contribution >= 0.6 is 0 Å². The summed E-state index contributed by atoms with van der Waals surface area (Å²) in [5.41, 5.74) is 18.7. The van der Waals surface area contributed by atoms with Gasteiger partial charge in [0.25, 0.3) is 0 Å². The lowest BCUT2D eigenvalue weighted by atomic mass is 9.96. The van der Waals surface area contributed by atoms with Gasteiger partial charge in [-0.2, -0.15) is 0 Å². The number of fused-ring (bicyclic) bond motifs is 1. The second-order valence-corrected chi connectivity index (χ2v) is 10.3. The number of aromatic nitrogens is 1. The minimum atomic E-state index is -1.36. The first-order chi connectivity index (χ1) is 19.5. The minimum Gasteiger partial charge on any atom is -0.480 e. The van der Waals surface area contributed by atoms with E-state index in [0.717, 1.165) is 16.5 Å². The molecule has 13 heteroatoms. The number of carboxylic acids is 1. The molecule has 226 valence electrons. The summed E-state index contributed by atoms with van der Waals surface area (Å²) in [4.78, 5) is 65.5. The van der Waals surface area contributed by atoms with Crippen molar-refractivity contribution in [2.24, 2.45) is 23.1 Å². The van der Waals surface area contributed by atoms with Crippen LogP contribution < -0.4 is 33.2 Å². The number of rotatable bonds is 18. The zero-order valence-electron chi connectivity index (χ0n) is 23.7. The van der Waals surface area contributed by atoms with Crippen molar-refractivity contribution in [2.75, 3.05) is 6.54 Å². The highest BCUT2D eigenvalue weighted by atomic mass is 16.4. The van der Waals surface area contributed by atoms with Crippen LogP contribution in [0.25, 0.3) is 10.9 Å². The van der Waals surface area contributed by atoms with E-state index in [1.807, 2.05) is 31.2 Å². The molecule has 0 saturated carbocycles. The highest BCUT2D eigenvalue weighted by Gasteiger charge is 2.32. The lowest BCUT2D eigenvalue weighted by molar-refractivity contribution is -0.143. The first-order valence-corrected chi connectivity index (χ1v) is 13.9. The predicted octanol–water partition coefficient (Wildman–Crippen LogP) is 0.0173. The standard InChI is InChI=1S/C28H43N7O6/c1-3-16(2)24(27(39)34-22(28(40)41)11-12-23(31)36)35-26(38)21(10-6-7-13-29)33-25(37)19(30)14-17-15-32-20-9-5-4-8-18(17)20/h4-5,8-9,15-16,19,21-22,24,32H,3,6-7,10-14,29-30H2,1-2H3,(H2,31,36)(H,33,37)(H,34,39)(H,35,38)(H,40,41). The Morgan fingerprint density at radius 1 is 0.951 bits per heavy atom. The summed E-state index contributed by atoms with van der Waals surface area (Å²) in [7, 11) is 0. The number of primary amides is 1. The number of aliphatic carboxylic acids is 1. The SMILES string of the molecule is CCC(C)C(NC(=O)C(CCCCN)NC(=O)C(N)Cc1c[nH]c2ccccc12)C(=O)NC(CCC(N)=O)C(=O)O. The molecule has 0 bridgehead atoms. The van der Waals surface area contributed by atoms with Crippen molar-refractivity contribution >= 4 is 40.5 Å². The van der Waals surface area contributed by atoms with Crippen molar-refractivity contribution in [3.8, 4) is 0 Å². The van der Waals surface area contributed by atoms with E-state index < -0.39 is 53.8 Å². The Kier molecular flexibility index (Phi) is 13.2. The van der Waals surface area contributed by atoms with Crippen LogP contribution in [-0.4, -0.2) is 70.4 Å². The summed E-state index contributed by atoms with van der Waals surface area (Å²) < 4.78 is 0. The molecule has 2 rings (SSSR count). The lowest BCUT2D eigenvalue weighted by Crippen LogP contribution is -2.58. The van der Waals surface area contributed by atoms with Crippen LogP contribution in [0, 0.1) is 5.92 Å². The number of para-hydroxylation sites is 1. The Balaban J connectivity index is 2.15. The van der Waals surface area contributed by atoms with E-state index >= 15 is 0 Å². The zero-order valence-corrected chi connectivity index (χ0v) is 23.7. The largest absolute Gasteiger partial charge is 0.480 e. The number of aromatic amines is 1. The van der Waals surface area contributed by atoms with Gasteiger partial charge in [-0.3, -0.25) is 19.2 Å². The molecule has 0 fully saturated rings. The molecule has 5 unspecified atom stereocenters. The third kappa shape index (κ3) is 10.2. The number of carboxylic acid groups (broad SMARTS) is 1. The number of H-pyrrole nitrogens is 1. The van der Waals surface area contributed by atoms with E-state index in [4.69, 9.17) is 17.2 Å². The number of carbonyl (C=O) groups excluding carboxylic acids is 4. The number of nitrogens with two attached hydrogens (primary N) is 3. The predicted molar refractivity (Wildman–Crippen MR) is 154 cm³/mol. The van der Waals surface area contributed by atoms with Crippen LogP contribution in [-0.2, 0) is 30.4 Å². The monoisotopic (exact) mass is 573 g/mol. The van der Waals surface area contributed by atoms with Crippen molar-refractivity contribution < 1.29 is 29.1 Å². The molecule has 1 aromatic carbocycles. The van der Waals surface area contributed by atoms with E-state index in [0.29, 0.717) is 25.8 Å². The molecular formula is C28H43N7O6.